The van der Waals surface area contributed by atoms with Crippen LogP contribution in [0.4, 0.5) is 0 Å². The molecule has 0 aliphatic heterocycles. The molecule has 0 aliphatic rings. The molecule has 4 aromatic carbocycles. The second-order valence-corrected chi connectivity index (χ2v) is 9.48. The Bertz CT molecular complexity index is 1970. The zero-order valence-electron chi connectivity index (χ0n) is 22.8. The molecule has 0 unspecified atom stereocenters. The molecular formula is C33H27N3O5. The van der Waals surface area contributed by atoms with E-state index in [1.807, 2.05) is 61.5 Å². The Labute approximate surface area is 236 Å². The zero-order chi connectivity index (χ0) is 28.3. The summed E-state index contributed by atoms with van der Waals surface area (Å²) in [6.45, 7) is 2.46. The molecule has 0 atom stereocenters. The van der Waals surface area contributed by atoms with Gasteiger partial charge in [-0.1, -0.05) is 48.0 Å². The fourth-order valence-corrected chi connectivity index (χ4v) is 4.68. The van der Waals surface area contributed by atoms with Crippen LogP contribution in [-0.4, -0.2) is 30.1 Å². The Morgan fingerprint density at radius 2 is 1.68 bits per heavy atom. The number of aromatic nitrogens is 2. The number of hydrogen-bond donors (Lipinski definition) is 0. The Balaban J connectivity index is 1.38. The number of para-hydroxylation sites is 1. The first-order valence-electron chi connectivity index (χ1n) is 13.0. The zero-order valence-corrected chi connectivity index (χ0v) is 22.8. The van der Waals surface area contributed by atoms with Gasteiger partial charge in [0.25, 0.3) is 5.56 Å². The van der Waals surface area contributed by atoms with Gasteiger partial charge in [-0.3, -0.25) is 4.79 Å². The molecule has 2 aromatic heterocycles. The number of hydrogen-bond acceptors (Lipinski definition) is 7. The normalized spacial score (nSPS) is 11.4. The van der Waals surface area contributed by atoms with Crippen LogP contribution >= 0.6 is 0 Å². The van der Waals surface area contributed by atoms with Crippen LogP contribution in [0.5, 0.6) is 17.2 Å². The van der Waals surface area contributed by atoms with Crippen molar-refractivity contribution in [3.63, 3.8) is 0 Å². The van der Waals surface area contributed by atoms with Gasteiger partial charge in [-0.2, -0.15) is 9.78 Å². The smallest absolute Gasteiger partial charge is 0.282 e. The van der Waals surface area contributed by atoms with Gasteiger partial charge in [0.1, 0.15) is 17.9 Å². The van der Waals surface area contributed by atoms with E-state index in [-0.39, 0.29) is 11.4 Å². The largest absolute Gasteiger partial charge is 0.496 e. The number of fused-ring (bicyclic) bond motifs is 2. The van der Waals surface area contributed by atoms with Crippen molar-refractivity contribution in [3.05, 3.63) is 118 Å². The summed E-state index contributed by atoms with van der Waals surface area (Å²) < 4.78 is 24.4. The van der Waals surface area contributed by atoms with E-state index in [2.05, 4.69) is 11.2 Å². The van der Waals surface area contributed by atoms with Crippen LogP contribution in [0.2, 0.25) is 0 Å². The lowest BCUT2D eigenvalue weighted by atomic mass is 10.1. The van der Waals surface area contributed by atoms with Crippen LogP contribution < -0.4 is 19.8 Å². The summed E-state index contributed by atoms with van der Waals surface area (Å²) in [5.74, 6) is 2.48. The van der Waals surface area contributed by atoms with Gasteiger partial charge in [0.2, 0.25) is 5.82 Å². The van der Waals surface area contributed by atoms with Gasteiger partial charge < -0.3 is 18.6 Å². The van der Waals surface area contributed by atoms with Crippen LogP contribution in [0.25, 0.3) is 33.5 Å². The van der Waals surface area contributed by atoms with Gasteiger partial charge >= 0.3 is 0 Å². The third-order valence-corrected chi connectivity index (χ3v) is 6.70. The third-order valence-electron chi connectivity index (χ3n) is 6.70. The Kier molecular flexibility index (Phi) is 6.95. The highest BCUT2D eigenvalue weighted by molar-refractivity contribution is 5.88. The third kappa shape index (κ3) is 5.15. The fraction of sp³-hybridized carbons (Fsp3) is 0.121. The Morgan fingerprint density at radius 1 is 0.854 bits per heavy atom. The number of furan rings is 1. The first-order chi connectivity index (χ1) is 20.0. The van der Waals surface area contributed by atoms with E-state index in [9.17, 15) is 4.79 Å². The quantitative estimate of drug-likeness (QED) is 0.200. The summed E-state index contributed by atoms with van der Waals surface area (Å²) in [6, 6.07) is 28.1. The van der Waals surface area contributed by atoms with Gasteiger partial charge in [0.05, 0.1) is 36.7 Å². The summed E-state index contributed by atoms with van der Waals surface area (Å²) in [5, 5.41) is 5.77. The molecule has 8 heteroatoms. The van der Waals surface area contributed by atoms with E-state index in [1.54, 1.807) is 50.8 Å². The van der Waals surface area contributed by atoms with E-state index in [0.29, 0.717) is 51.7 Å². The number of rotatable bonds is 8. The maximum absolute atomic E-state index is 13.6. The molecule has 0 radical (unpaired) electrons. The summed E-state index contributed by atoms with van der Waals surface area (Å²) in [5.41, 5.74) is 3.79. The summed E-state index contributed by atoms with van der Waals surface area (Å²) in [6.07, 6.45) is 1.58. The first-order valence-corrected chi connectivity index (χ1v) is 13.0. The highest BCUT2D eigenvalue weighted by Crippen LogP contribution is 2.33. The predicted molar refractivity (Wildman–Crippen MR) is 159 cm³/mol. The molecule has 6 rings (SSSR count). The van der Waals surface area contributed by atoms with E-state index in [0.717, 1.165) is 10.9 Å². The second kappa shape index (κ2) is 11.0. The molecular weight excluding hydrogens is 518 g/mol. The lowest BCUT2D eigenvalue weighted by Gasteiger charge is -2.12. The van der Waals surface area contributed by atoms with E-state index in [1.165, 1.54) is 10.2 Å². The van der Waals surface area contributed by atoms with Crippen molar-refractivity contribution in [2.45, 2.75) is 13.5 Å². The monoisotopic (exact) mass is 545 g/mol. The van der Waals surface area contributed by atoms with Crippen LogP contribution in [-0.2, 0) is 6.61 Å². The molecule has 41 heavy (non-hydrogen) atoms. The molecule has 8 nitrogen and oxygen atoms in total. The highest BCUT2D eigenvalue weighted by atomic mass is 16.5. The molecule has 0 amide bonds. The van der Waals surface area contributed by atoms with Crippen LogP contribution in [0.3, 0.4) is 0 Å². The predicted octanol–water partition coefficient (Wildman–Crippen LogP) is 6.60. The summed E-state index contributed by atoms with van der Waals surface area (Å²) in [4.78, 5) is 18.3. The molecule has 6 aromatic rings. The van der Waals surface area contributed by atoms with Crippen molar-refractivity contribution in [2.75, 3.05) is 14.2 Å². The molecule has 0 aliphatic carbocycles. The maximum atomic E-state index is 13.6. The molecule has 0 bridgehead atoms. The van der Waals surface area contributed by atoms with E-state index in [4.69, 9.17) is 23.6 Å². The number of ether oxygens (including phenoxy) is 3. The summed E-state index contributed by atoms with van der Waals surface area (Å²) >= 11 is 0. The molecule has 204 valence electrons. The minimum Gasteiger partial charge on any atom is -0.496 e. The second-order valence-electron chi connectivity index (χ2n) is 9.48. The van der Waals surface area contributed by atoms with Crippen molar-refractivity contribution in [1.29, 1.82) is 0 Å². The number of nitrogens with zero attached hydrogens (tertiary/aromatic N) is 3. The number of methoxy groups -OCH3 is 2. The standard InChI is InChI=1S/C33H27N3O5/c1-21-8-6-9-23(16-21)20-40-29-15-14-22(17-30(29)39-3)19-34-36-32(35-26-11-5-4-10-24(26)33(36)37)31-18-25-27(38-2)12-7-13-28(25)41-31/h4-19H,20H2,1-3H3. The van der Waals surface area contributed by atoms with Crippen molar-refractivity contribution in [1.82, 2.24) is 9.66 Å². The van der Waals surface area contributed by atoms with E-state index >= 15 is 0 Å². The van der Waals surface area contributed by atoms with Gasteiger partial charge in [0.15, 0.2) is 17.3 Å². The van der Waals surface area contributed by atoms with Gasteiger partial charge in [-0.05, 0) is 66.6 Å². The summed E-state index contributed by atoms with van der Waals surface area (Å²) in [7, 11) is 3.19. The molecule has 0 fully saturated rings. The number of aryl methyl sites for hydroxylation is 1. The van der Waals surface area contributed by atoms with Crippen molar-refractivity contribution < 1.29 is 18.6 Å². The SMILES string of the molecule is COc1cc(C=Nn2c(-c3cc4c(OC)cccc4o3)nc3ccccc3c2=O)ccc1OCc1cccc(C)c1. The molecule has 0 spiro atoms. The van der Waals surface area contributed by atoms with E-state index < -0.39 is 0 Å². The molecule has 2 heterocycles. The topological polar surface area (TPSA) is 88.1 Å². The highest BCUT2D eigenvalue weighted by Gasteiger charge is 2.18. The molecule has 0 N–H and O–H groups in total. The van der Waals surface area contributed by atoms with Crippen LogP contribution in [0.15, 0.2) is 105 Å². The first kappa shape index (κ1) is 25.9. The fourth-order valence-electron chi connectivity index (χ4n) is 4.68. The minimum atomic E-state index is -0.320. The lowest BCUT2D eigenvalue weighted by molar-refractivity contribution is 0.284. The molecule has 0 saturated heterocycles. The van der Waals surface area contributed by atoms with Crippen molar-refractivity contribution in [3.8, 4) is 28.8 Å². The van der Waals surface area contributed by atoms with Gasteiger partial charge in [-0.25, -0.2) is 4.98 Å². The molecule has 0 saturated carbocycles. The minimum absolute atomic E-state index is 0.272. The van der Waals surface area contributed by atoms with Gasteiger partial charge in [-0.15, -0.1) is 0 Å². The lowest BCUT2D eigenvalue weighted by Crippen LogP contribution is -2.20. The van der Waals surface area contributed by atoms with Crippen LogP contribution in [0, 0.1) is 6.92 Å². The van der Waals surface area contributed by atoms with Crippen molar-refractivity contribution >= 4 is 28.1 Å². The number of benzene rings is 4. The Morgan fingerprint density at radius 3 is 2.51 bits per heavy atom. The van der Waals surface area contributed by atoms with Crippen LogP contribution in [0.1, 0.15) is 16.7 Å². The van der Waals surface area contributed by atoms with Crippen molar-refractivity contribution in [2.24, 2.45) is 5.10 Å². The maximum Gasteiger partial charge on any atom is 0.282 e. The van der Waals surface area contributed by atoms with Gasteiger partial charge in [0, 0.05) is 0 Å². The average molecular weight is 546 g/mol. The average Bonchev–Trinajstić information content (AvgIpc) is 3.44. The Hall–Kier alpha value is -5.37.